The zero-order valence-electron chi connectivity index (χ0n) is 27.4. The number of benzene rings is 2. The minimum Gasteiger partial charge on any atom is -0.504 e. The summed E-state index contributed by atoms with van der Waals surface area (Å²) in [6, 6.07) is 13.9. The Kier molecular flexibility index (Phi) is 10.6. The fraction of sp³-hybridized carbons (Fsp3) is 0.556. The molecule has 5 rings (SSSR count). The third-order valence-electron chi connectivity index (χ3n) is 10.1. The molecule has 244 valence electrons. The van der Waals surface area contributed by atoms with Crippen LogP contribution in [-0.2, 0) is 24.5 Å². The summed E-state index contributed by atoms with van der Waals surface area (Å²) < 4.78 is 27.1. The number of hydrogen-bond acceptors (Lipinski definition) is 8. The van der Waals surface area contributed by atoms with E-state index in [1.807, 2.05) is 29.2 Å². The summed E-state index contributed by atoms with van der Waals surface area (Å²) in [6.07, 6.45) is 7.87. The number of amides is 1. The SMILES string of the molecule is CC[C@H]1CN2CC[C@]3(C(=O)N(CCCCCCOc4ccc(OC)c(OC)c4)c4ccccc43)C2C[C@@H]1/C(=C\OC)C(=O)OC. The van der Waals surface area contributed by atoms with Crippen LogP contribution >= 0.6 is 0 Å². The molecule has 2 aromatic rings. The zero-order chi connectivity index (χ0) is 32.0. The number of anilines is 1. The summed E-state index contributed by atoms with van der Waals surface area (Å²) in [7, 11) is 6.21. The first-order valence-electron chi connectivity index (χ1n) is 16.2. The Bertz CT molecular complexity index is 1380. The fourth-order valence-electron chi connectivity index (χ4n) is 7.87. The molecule has 9 heteroatoms. The molecule has 0 radical (unpaired) electrons. The van der Waals surface area contributed by atoms with Crippen LogP contribution in [0.5, 0.6) is 17.2 Å². The highest BCUT2D eigenvalue weighted by atomic mass is 16.5. The average Bonchev–Trinajstić information content (AvgIpc) is 3.56. The van der Waals surface area contributed by atoms with Crippen LogP contribution in [0.4, 0.5) is 5.69 Å². The Balaban J connectivity index is 1.23. The molecule has 3 heterocycles. The van der Waals surface area contributed by atoms with Gasteiger partial charge in [-0.05, 0) is 67.8 Å². The van der Waals surface area contributed by atoms with Crippen molar-refractivity contribution >= 4 is 17.6 Å². The third-order valence-corrected chi connectivity index (χ3v) is 10.1. The summed E-state index contributed by atoms with van der Waals surface area (Å²) >= 11 is 0. The van der Waals surface area contributed by atoms with Crippen molar-refractivity contribution in [2.75, 3.05) is 59.6 Å². The quantitative estimate of drug-likeness (QED) is 0.114. The van der Waals surface area contributed by atoms with Gasteiger partial charge >= 0.3 is 5.97 Å². The molecule has 0 aromatic heterocycles. The van der Waals surface area contributed by atoms with Crippen molar-refractivity contribution in [2.45, 2.75) is 63.3 Å². The van der Waals surface area contributed by atoms with Gasteiger partial charge in [0.2, 0.25) is 5.91 Å². The highest BCUT2D eigenvalue weighted by Gasteiger charge is 2.62. The van der Waals surface area contributed by atoms with Gasteiger partial charge in [0.15, 0.2) is 11.5 Å². The second kappa shape index (κ2) is 14.6. The number of rotatable bonds is 14. The van der Waals surface area contributed by atoms with E-state index in [0.717, 1.165) is 75.0 Å². The molecular weight excluding hydrogens is 572 g/mol. The van der Waals surface area contributed by atoms with E-state index in [-0.39, 0.29) is 29.8 Å². The van der Waals surface area contributed by atoms with E-state index in [4.69, 9.17) is 23.7 Å². The summed E-state index contributed by atoms with van der Waals surface area (Å²) in [4.78, 5) is 31.9. The van der Waals surface area contributed by atoms with Gasteiger partial charge in [-0.3, -0.25) is 9.69 Å². The molecule has 9 nitrogen and oxygen atoms in total. The lowest BCUT2D eigenvalue weighted by molar-refractivity contribution is -0.137. The third kappa shape index (κ3) is 6.24. The summed E-state index contributed by atoms with van der Waals surface area (Å²) in [5, 5.41) is 0. The maximum Gasteiger partial charge on any atom is 0.337 e. The molecule has 1 unspecified atom stereocenters. The number of carbonyl (C=O) groups excluding carboxylic acids is 2. The Hall–Kier alpha value is -3.72. The standard InChI is InChI=1S/C36H48N2O7/c1-6-25-23-37-19-17-36(33(37)22-27(25)28(24-41-2)34(39)44-5)29-13-9-10-14-30(29)38(35(36)40)18-11-7-8-12-20-45-26-15-16-31(42-3)32(21-26)43-4/h9-10,13-16,21,24-25,27,33H,6-8,11-12,17-20,22-23H2,1-5H3/b28-24+/t25-,27-,33?,36+/m0/s1. The van der Waals surface area contributed by atoms with E-state index < -0.39 is 5.41 Å². The number of carbonyl (C=O) groups is 2. The largest absolute Gasteiger partial charge is 0.504 e. The van der Waals surface area contributed by atoms with Gasteiger partial charge in [-0.15, -0.1) is 0 Å². The first kappa shape index (κ1) is 32.7. The van der Waals surface area contributed by atoms with Crippen LogP contribution < -0.4 is 19.1 Å². The second-order valence-electron chi connectivity index (χ2n) is 12.3. The van der Waals surface area contributed by atoms with Crippen molar-refractivity contribution in [3.63, 3.8) is 0 Å². The summed E-state index contributed by atoms with van der Waals surface area (Å²) in [6.45, 7) is 5.22. The minimum atomic E-state index is -0.602. The van der Waals surface area contributed by atoms with Gasteiger partial charge in [-0.25, -0.2) is 4.79 Å². The van der Waals surface area contributed by atoms with E-state index in [1.54, 1.807) is 27.6 Å². The molecule has 1 spiro atoms. The molecule has 0 N–H and O–H groups in total. The van der Waals surface area contributed by atoms with Crippen molar-refractivity contribution in [1.82, 2.24) is 4.90 Å². The molecule has 45 heavy (non-hydrogen) atoms. The van der Waals surface area contributed by atoms with E-state index in [2.05, 4.69) is 30.0 Å². The van der Waals surface area contributed by atoms with Crippen LogP contribution in [0.3, 0.4) is 0 Å². The number of fused-ring (bicyclic) bond motifs is 4. The molecule has 0 aliphatic carbocycles. The summed E-state index contributed by atoms with van der Waals surface area (Å²) in [5.74, 6) is 2.20. The fourth-order valence-corrected chi connectivity index (χ4v) is 7.87. The molecule has 1 amide bonds. The van der Waals surface area contributed by atoms with Crippen molar-refractivity contribution in [1.29, 1.82) is 0 Å². The zero-order valence-corrected chi connectivity index (χ0v) is 27.4. The number of unbranched alkanes of at least 4 members (excludes halogenated alkanes) is 3. The van der Waals surface area contributed by atoms with Gasteiger partial charge < -0.3 is 28.6 Å². The lowest BCUT2D eigenvalue weighted by atomic mass is 9.67. The van der Waals surface area contributed by atoms with Crippen LogP contribution in [0.2, 0.25) is 0 Å². The Morgan fingerprint density at radius 1 is 1.00 bits per heavy atom. The van der Waals surface area contributed by atoms with E-state index in [0.29, 0.717) is 30.2 Å². The number of hydrogen-bond donors (Lipinski definition) is 0. The normalized spacial score (nSPS) is 24.4. The van der Waals surface area contributed by atoms with Gasteiger partial charge in [-0.2, -0.15) is 0 Å². The number of piperidine rings is 1. The monoisotopic (exact) mass is 620 g/mol. The molecule has 4 atom stereocenters. The summed E-state index contributed by atoms with van der Waals surface area (Å²) in [5.41, 5.74) is 2.14. The first-order valence-corrected chi connectivity index (χ1v) is 16.2. The van der Waals surface area contributed by atoms with Gasteiger partial charge in [0.25, 0.3) is 0 Å². The minimum absolute atomic E-state index is 0.0163. The lowest BCUT2D eigenvalue weighted by Gasteiger charge is -2.45. The predicted octanol–water partition coefficient (Wildman–Crippen LogP) is 5.75. The van der Waals surface area contributed by atoms with E-state index in [9.17, 15) is 9.59 Å². The predicted molar refractivity (Wildman–Crippen MR) is 173 cm³/mol. The molecule has 2 saturated heterocycles. The van der Waals surface area contributed by atoms with Crippen molar-refractivity contribution in [3.8, 4) is 17.2 Å². The molecule has 3 aliphatic rings. The molecule has 2 fully saturated rings. The topological polar surface area (TPSA) is 86.8 Å². The number of ether oxygens (including phenoxy) is 5. The average molecular weight is 621 g/mol. The molecule has 0 bridgehead atoms. The second-order valence-corrected chi connectivity index (χ2v) is 12.3. The van der Waals surface area contributed by atoms with Crippen molar-refractivity contribution in [2.24, 2.45) is 11.8 Å². The Morgan fingerprint density at radius 2 is 1.78 bits per heavy atom. The first-order chi connectivity index (χ1) is 21.9. The van der Waals surface area contributed by atoms with Crippen LogP contribution in [-0.4, -0.2) is 77.5 Å². The smallest absolute Gasteiger partial charge is 0.337 e. The molecule has 0 saturated carbocycles. The molecule has 3 aliphatic heterocycles. The van der Waals surface area contributed by atoms with Gasteiger partial charge in [0.1, 0.15) is 5.75 Å². The maximum absolute atomic E-state index is 14.5. The molecule has 2 aromatic carbocycles. The van der Waals surface area contributed by atoms with Crippen molar-refractivity contribution < 1.29 is 33.3 Å². The van der Waals surface area contributed by atoms with Gasteiger partial charge in [0, 0.05) is 30.9 Å². The Morgan fingerprint density at radius 3 is 2.51 bits per heavy atom. The van der Waals surface area contributed by atoms with Gasteiger partial charge in [-0.1, -0.05) is 44.4 Å². The number of methoxy groups -OCH3 is 4. The maximum atomic E-state index is 14.5. The van der Waals surface area contributed by atoms with Crippen LogP contribution in [0.25, 0.3) is 0 Å². The lowest BCUT2D eigenvalue weighted by Crippen LogP contribution is -2.55. The van der Waals surface area contributed by atoms with Crippen LogP contribution in [0.15, 0.2) is 54.3 Å². The number of nitrogens with zero attached hydrogens (tertiary/aromatic N) is 2. The van der Waals surface area contributed by atoms with E-state index >= 15 is 0 Å². The highest BCUT2D eigenvalue weighted by molar-refractivity contribution is 6.09. The number of para-hydroxylation sites is 1. The highest BCUT2D eigenvalue weighted by Crippen LogP contribution is 2.55. The van der Waals surface area contributed by atoms with Gasteiger partial charge in [0.05, 0.1) is 52.3 Å². The van der Waals surface area contributed by atoms with Crippen LogP contribution in [0.1, 0.15) is 57.4 Å². The Labute approximate surface area is 267 Å². The van der Waals surface area contributed by atoms with E-state index in [1.165, 1.54) is 7.11 Å². The van der Waals surface area contributed by atoms with Crippen molar-refractivity contribution in [3.05, 3.63) is 59.9 Å². The number of esters is 1. The molecular formula is C36H48N2O7. The van der Waals surface area contributed by atoms with Crippen LogP contribution in [0, 0.1) is 11.8 Å².